The van der Waals surface area contributed by atoms with Crippen molar-refractivity contribution in [1.29, 1.82) is 0 Å². The first-order valence-corrected chi connectivity index (χ1v) is 6.98. The summed E-state index contributed by atoms with van der Waals surface area (Å²) in [5, 5.41) is 18.2. The molecule has 3 heterocycles. The molecule has 1 aromatic rings. The molecule has 2 bridgehead atoms. The molecule has 94 valence electrons. The average molecular weight is 254 g/mol. The summed E-state index contributed by atoms with van der Waals surface area (Å²) in [5.41, 5.74) is 1.05. The first-order chi connectivity index (χ1) is 8.28. The minimum Gasteiger partial charge on any atom is -0.393 e. The van der Waals surface area contributed by atoms with Gasteiger partial charge in [-0.05, 0) is 25.7 Å². The molecule has 0 radical (unpaired) electrons. The number of nitrogens with one attached hydrogen (secondary N) is 1. The van der Waals surface area contributed by atoms with Gasteiger partial charge in [-0.3, -0.25) is 4.90 Å². The molecule has 2 aliphatic rings. The molecule has 17 heavy (non-hydrogen) atoms. The van der Waals surface area contributed by atoms with Crippen LogP contribution in [0, 0.1) is 0 Å². The largest absolute Gasteiger partial charge is 0.393 e. The summed E-state index contributed by atoms with van der Waals surface area (Å²) in [5.74, 6) is 0. The van der Waals surface area contributed by atoms with E-state index in [2.05, 4.69) is 19.8 Å². The number of aromatic nitrogens is 2. The highest BCUT2D eigenvalue weighted by atomic mass is 32.1. The Morgan fingerprint density at radius 3 is 2.76 bits per heavy atom. The van der Waals surface area contributed by atoms with Gasteiger partial charge < -0.3 is 10.4 Å². The van der Waals surface area contributed by atoms with Gasteiger partial charge in [-0.25, -0.2) is 0 Å². The lowest BCUT2D eigenvalue weighted by Crippen LogP contribution is -2.44. The van der Waals surface area contributed by atoms with Crippen LogP contribution >= 0.6 is 11.5 Å². The zero-order chi connectivity index (χ0) is 11.8. The SMILES string of the molecule is CNc1snnc1CN1C2CCC1CC(O)C2. The Morgan fingerprint density at radius 1 is 1.41 bits per heavy atom. The van der Waals surface area contributed by atoms with E-state index in [9.17, 15) is 5.11 Å². The number of aliphatic hydroxyl groups excluding tert-OH is 1. The van der Waals surface area contributed by atoms with Gasteiger partial charge in [0.25, 0.3) is 0 Å². The fraction of sp³-hybridized carbons (Fsp3) is 0.818. The third-order valence-corrected chi connectivity index (χ3v) is 4.76. The number of fused-ring (bicyclic) bond motifs is 2. The Balaban J connectivity index is 1.74. The van der Waals surface area contributed by atoms with Crippen molar-refractivity contribution in [2.45, 2.75) is 50.4 Å². The molecule has 2 fully saturated rings. The van der Waals surface area contributed by atoms with Crippen LogP contribution in [0.25, 0.3) is 0 Å². The monoisotopic (exact) mass is 254 g/mol. The van der Waals surface area contributed by atoms with Crippen molar-refractivity contribution < 1.29 is 5.11 Å². The highest BCUT2D eigenvalue weighted by molar-refractivity contribution is 7.10. The van der Waals surface area contributed by atoms with Gasteiger partial charge in [0.1, 0.15) is 10.7 Å². The van der Waals surface area contributed by atoms with E-state index < -0.39 is 0 Å². The van der Waals surface area contributed by atoms with E-state index >= 15 is 0 Å². The van der Waals surface area contributed by atoms with Gasteiger partial charge in [-0.15, -0.1) is 5.10 Å². The van der Waals surface area contributed by atoms with Gasteiger partial charge in [0.15, 0.2) is 0 Å². The second-order valence-corrected chi connectivity index (χ2v) is 5.74. The third-order valence-electron chi connectivity index (χ3n) is 3.97. The van der Waals surface area contributed by atoms with E-state index in [1.807, 2.05) is 7.05 Å². The number of nitrogens with zero attached hydrogens (tertiary/aromatic N) is 3. The molecule has 5 nitrogen and oxygen atoms in total. The first kappa shape index (κ1) is 11.4. The molecular weight excluding hydrogens is 236 g/mol. The van der Waals surface area contributed by atoms with Crippen molar-refractivity contribution in [2.75, 3.05) is 12.4 Å². The van der Waals surface area contributed by atoms with Crippen molar-refractivity contribution in [2.24, 2.45) is 0 Å². The highest BCUT2D eigenvalue weighted by Gasteiger charge is 2.40. The third kappa shape index (κ3) is 2.05. The number of piperidine rings is 1. The predicted octanol–water partition coefficient (Wildman–Crippen LogP) is 1.07. The second-order valence-electron chi connectivity index (χ2n) is 4.98. The van der Waals surface area contributed by atoms with E-state index in [1.165, 1.54) is 24.4 Å². The fourth-order valence-corrected chi connectivity index (χ4v) is 3.70. The molecule has 2 unspecified atom stereocenters. The molecule has 2 N–H and O–H groups in total. The molecular formula is C11H18N4OS. The lowest BCUT2D eigenvalue weighted by atomic mass is 10.00. The summed E-state index contributed by atoms with van der Waals surface area (Å²) in [4.78, 5) is 2.50. The zero-order valence-electron chi connectivity index (χ0n) is 9.96. The van der Waals surface area contributed by atoms with Gasteiger partial charge >= 0.3 is 0 Å². The molecule has 0 aromatic carbocycles. The summed E-state index contributed by atoms with van der Waals surface area (Å²) in [7, 11) is 1.91. The lowest BCUT2D eigenvalue weighted by molar-refractivity contribution is 0.0305. The number of hydrogen-bond acceptors (Lipinski definition) is 6. The molecule has 2 aliphatic heterocycles. The summed E-state index contributed by atoms with van der Waals surface area (Å²) >= 11 is 1.41. The Kier molecular flexibility index (Phi) is 3.02. The molecule has 0 spiro atoms. The molecule has 2 atom stereocenters. The fourth-order valence-electron chi connectivity index (χ4n) is 3.18. The van der Waals surface area contributed by atoms with E-state index in [0.717, 1.165) is 30.1 Å². The highest BCUT2D eigenvalue weighted by Crippen LogP contribution is 2.37. The number of hydrogen-bond donors (Lipinski definition) is 2. The molecule has 1 aromatic heterocycles. The van der Waals surface area contributed by atoms with Gasteiger partial charge in [0.2, 0.25) is 0 Å². The zero-order valence-corrected chi connectivity index (χ0v) is 10.8. The summed E-state index contributed by atoms with van der Waals surface area (Å²) in [6.07, 6.45) is 4.18. The molecule has 2 saturated heterocycles. The minimum atomic E-state index is -0.0962. The maximum atomic E-state index is 9.77. The quantitative estimate of drug-likeness (QED) is 0.845. The number of aliphatic hydroxyl groups is 1. The standard InChI is InChI=1S/C11H18N4OS/c1-12-11-10(13-14-17-11)6-15-7-2-3-8(15)5-9(16)4-7/h7-9,12,16H,2-6H2,1H3. The van der Waals surface area contributed by atoms with Crippen molar-refractivity contribution in [3.05, 3.63) is 5.69 Å². The average Bonchev–Trinajstić information content (AvgIpc) is 2.84. The Morgan fingerprint density at radius 2 is 2.12 bits per heavy atom. The van der Waals surface area contributed by atoms with Gasteiger partial charge in [-0.1, -0.05) is 4.49 Å². The van der Waals surface area contributed by atoms with Gasteiger partial charge in [0, 0.05) is 37.2 Å². The first-order valence-electron chi connectivity index (χ1n) is 6.20. The molecule has 6 heteroatoms. The summed E-state index contributed by atoms with van der Waals surface area (Å²) < 4.78 is 4.00. The van der Waals surface area contributed by atoms with Crippen LogP contribution in [0.15, 0.2) is 0 Å². The van der Waals surface area contributed by atoms with E-state index in [-0.39, 0.29) is 6.10 Å². The van der Waals surface area contributed by atoms with Crippen molar-refractivity contribution in [3.8, 4) is 0 Å². The topological polar surface area (TPSA) is 61.3 Å². The number of anilines is 1. The second kappa shape index (κ2) is 4.51. The van der Waals surface area contributed by atoms with Crippen LogP contribution in [0.1, 0.15) is 31.4 Å². The van der Waals surface area contributed by atoms with E-state index in [1.54, 1.807) is 0 Å². The smallest absolute Gasteiger partial charge is 0.134 e. The van der Waals surface area contributed by atoms with Crippen LogP contribution in [0.2, 0.25) is 0 Å². The Hall–Kier alpha value is -0.720. The molecule has 0 amide bonds. The van der Waals surface area contributed by atoms with Crippen molar-refractivity contribution in [3.63, 3.8) is 0 Å². The molecule has 3 rings (SSSR count). The van der Waals surface area contributed by atoms with Crippen molar-refractivity contribution in [1.82, 2.24) is 14.5 Å². The van der Waals surface area contributed by atoms with Gasteiger partial charge in [-0.2, -0.15) is 0 Å². The normalized spacial score (nSPS) is 32.9. The van der Waals surface area contributed by atoms with Crippen LogP contribution in [-0.4, -0.2) is 44.8 Å². The van der Waals surface area contributed by atoms with Crippen LogP contribution in [-0.2, 0) is 6.54 Å². The van der Waals surface area contributed by atoms with Crippen LogP contribution < -0.4 is 5.32 Å². The van der Waals surface area contributed by atoms with E-state index in [4.69, 9.17) is 0 Å². The molecule has 0 saturated carbocycles. The number of rotatable bonds is 3. The van der Waals surface area contributed by atoms with Gasteiger partial charge in [0.05, 0.1) is 6.10 Å². The maximum Gasteiger partial charge on any atom is 0.134 e. The summed E-state index contributed by atoms with van der Waals surface area (Å²) in [6.45, 7) is 0.870. The van der Waals surface area contributed by atoms with E-state index in [0.29, 0.717) is 12.1 Å². The minimum absolute atomic E-state index is 0.0962. The van der Waals surface area contributed by atoms with Crippen molar-refractivity contribution >= 4 is 16.5 Å². The Labute approximate surface area is 105 Å². The Bertz CT molecular complexity index is 383. The van der Waals surface area contributed by atoms with Crippen LogP contribution in [0.4, 0.5) is 5.00 Å². The predicted molar refractivity (Wildman–Crippen MR) is 67.0 cm³/mol. The molecule has 0 aliphatic carbocycles. The summed E-state index contributed by atoms with van der Waals surface area (Å²) in [6, 6.07) is 1.07. The lowest BCUT2D eigenvalue weighted by Gasteiger charge is -2.36. The van der Waals surface area contributed by atoms with Crippen LogP contribution in [0.3, 0.4) is 0 Å². The maximum absolute atomic E-state index is 9.77. The van der Waals surface area contributed by atoms with Crippen LogP contribution in [0.5, 0.6) is 0 Å².